The molecule has 2 rings (SSSR count). The summed E-state index contributed by atoms with van der Waals surface area (Å²) in [5, 5.41) is 0. The number of phosphoric ester groups is 1. The van der Waals surface area contributed by atoms with Crippen molar-refractivity contribution in [3.63, 3.8) is 0 Å². The molecular weight excluding hydrogens is 442 g/mol. The van der Waals surface area contributed by atoms with Gasteiger partial charge in [-0.15, -0.1) is 0 Å². The molecule has 1 aromatic rings. The van der Waals surface area contributed by atoms with Crippen LogP contribution in [-0.2, 0) is 27.4 Å². The van der Waals surface area contributed by atoms with Crippen LogP contribution in [0.25, 0.3) is 0 Å². The molecule has 0 amide bonds. The van der Waals surface area contributed by atoms with Crippen molar-refractivity contribution in [2.24, 2.45) is 5.92 Å². The Morgan fingerprint density at radius 1 is 1.23 bits per heavy atom. The zero-order valence-corrected chi connectivity index (χ0v) is 19.0. The number of rotatable bonds is 10. The first kappa shape index (κ1) is 25.2. The second-order valence-corrected chi connectivity index (χ2v) is 10.8. The van der Waals surface area contributed by atoms with Crippen LogP contribution >= 0.6 is 15.4 Å². The molecule has 12 nitrogen and oxygen atoms in total. The molecule has 30 heavy (non-hydrogen) atoms. The highest BCUT2D eigenvalue weighted by Crippen LogP contribution is 2.53. The van der Waals surface area contributed by atoms with Crippen LogP contribution in [0.1, 0.15) is 32.7 Å². The molecule has 1 aliphatic rings. The molecule has 1 aliphatic carbocycles. The summed E-state index contributed by atoms with van der Waals surface area (Å²) in [7, 11) is -5.81. The number of methoxy groups -OCH3 is 1. The van der Waals surface area contributed by atoms with Gasteiger partial charge in [0.15, 0.2) is 0 Å². The molecule has 0 saturated heterocycles. The van der Waals surface area contributed by atoms with Crippen molar-refractivity contribution in [1.29, 1.82) is 0 Å². The lowest BCUT2D eigenvalue weighted by molar-refractivity contribution is -0.0304. The van der Waals surface area contributed by atoms with E-state index in [0.717, 1.165) is 13.2 Å². The third-order valence-corrected chi connectivity index (χ3v) is 7.45. The van der Waals surface area contributed by atoms with E-state index in [9.17, 15) is 28.5 Å². The van der Waals surface area contributed by atoms with Gasteiger partial charge in [-0.1, -0.05) is 0 Å². The Morgan fingerprint density at radius 2 is 1.90 bits per heavy atom. The monoisotopic (exact) mass is 470 g/mol. The third-order valence-electron chi connectivity index (χ3n) is 4.86. The summed E-state index contributed by atoms with van der Waals surface area (Å²) < 4.78 is 46.0. The first-order chi connectivity index (χ1) is 13.9. The number of nitrogens with one attached hydrogen (secondary N) is 1. The van der Waals surface area contributed by atoms with Crippen LogP contribution in [0.2, 0.25) is 0 Å². The van der Waals surface area contributed by atoms with Crippen molar-refractivity contribution in [3.8, 4) is 0 Å². The van der Waals surface area contributed by atoms with Gasteiger partial charge in [-0.25, -0.2) is 9.36 Å². The van der Waals surface area contributed by atoms with E-state index in [1.807, 2.05) is 0 Å². The normalized spacial score (nSPS) is 28.4. The molecule has 1 heterocycles. The highest BCUT2D eigenvalue weighted by Gasteiger charge is 2.49. The second kappa shape index (κ2) is 10.0. The molecule has 1 fully saturated rings. The van der Waals surface area contributed by atoms with E-state index in [-0.39, 0.29) is 19.0 Å². The van der Waals surface area contributed by atoms with E-state index in [4.69, 9.17) is 13.8 Å². The maximum absolute atomic E-state index is 12.4. The van der Waals surface area contributed by atoms with E-state index in [2.05, 4.69) is 9.51 Å². The largest absolute Gasteiger partial charge is 0.472 e. The Labute approximate surface area is 173 Å². The lowest BCUT2D eigenvalue weighted by atomic mass is 10.0. The number of nitrogens with zero attached hydrogens (tertiary/aromatic N) is 1. The summed E-state index contributed by atoms with van der Waals surface area (Å²) in [6.45, 7) is 3.12. The molecule has 0 aromatic carbocycles. The zero-order valence-electron chi connectivity index (χ0n) is 17.2. The topological polar surface area (TPSA) is 166 Å². The predicted molar refractivity (Wildman–Crippen MR) is 107 cm³/mol. The summed E-state index contributed by atoms with van der Waals surface area (Å²) in [5.41, 5.74) is -1.32. The number of aromatic amines is 1. The minimum Gasteiger partial charge on any atom is -0.378 e. The molecule has 2 unspecified atom stereocenters. The molecular formula is C16H28N2O10P2. The fourth-order valence-electron chi connectivity index (χ4n) is 3.63. The van der Waals surface area contributed by atoms with Crippen LogP contribution in [0.15, 0.2) is 21.9 Å². The zero-order chi connectivity index (χ0) is 22.7. The summed E-state index contributed by atoms with van der Waals surface area (Å²) in [6, 6.07) is 0.352. The average molecular weight is 470 g/mol. The van der Waals surface area contributed by atoms with Crippen LogP contribution in [0.4, 0.5) is 0 Å². The first-order valence-corrected chi connectivity index (χ1v) is 12.6. The Bertz CT molecular complexity index is 929. The van der Waals surface area contributed by atoms with E-state index in [1.165, 1.54) is 17.9 Å². The van der Waals surface area contributed by atoms with E-state index in [0.29, 0.717) is 0 Å². The van der Waals surface area contributed by atoms with Gasteiger partial charge >= 0.3 is 21.1 Å². The minimum atomic E-state index is -4.51. The molecule has 172 valence electrons. The van der Waals surface area contributed by atoms with Crippen molar-refractivity contribution in [3.05, 3.63) is 33.1 Å². The van der Waals surface area contributed by atoms with Crippen LogP contribution in [0.3, 0.4) is 0 Å². The molecule has 14 heteroatoms. The van der Waals surface area contributed by atoms with Gasteiger partial charge in [0.25, 0.3) is 5.56 Å². The molecule has 1 saturated carbocycles. The van der Waals surface area contributed by atoms with Gasteiger partial charge in [0.2, 0.25) is 0 Å². The molecule has 0 bridgehead atoms. The Morgan fingerprint density at radius 3 is 2.43 bits per heavy atom. The SMILES string of the molecule is CO[C@@H]1[C@@H](CCP(=O)(O)OC)C[C@H](n2ccc(=O)[nH]c2=O)[C@@H]1OP(=O)(O)OC(C)C. The molecule has 3 N–H and O–H groups in total. The van der Waals surface area contributed by atoms with Gasteiger partial charge in [-0.3, -0.25) is 28.0 Å². The number of hydrogen-bond donors (Lipinski definition) is 3. The average Bonchev–Trinajstić information content (AvgIpc) is 2.95. The van der Waals surface area contributed by atoms with Crippen molar-refractivity contribution in [2.45, 2.75) is 51.0 Å². The number of phosphoric acid groups is 1. The van der Waals surface area contributed by atoms with Crippen LogP contribution in [0, 0.1) is 5.92 Å². The summed E-state index contributed by atoms with van der Waals surface area (Å²) in [6.07, 6.45) is -1.01. The highest BCUT2D eigenvalue weighted by atomic mass is 31.2. The second-order valence-electron chi connectivity index (χ2n) is 7.31. The number of aromatic nitrogens is 2. The van der Waals surface area contributed by atoms with E-state index < -0.39 is 56.9 Å². The number of hydrogen-bond acceptors (Lipinski definition) is 8. The Hall–Kier alpha value is -1.10. The maximum Gasteiger partial charge on any atom is 0.472 e. The first-order valence-electron chi connectivity index (χ1n) is 9.30. The van der Waals surface area contributed by atoms with Crippen molar-refractivity contribution >= 4 is 15.4 Å². The van der Waals surface area contributed by atoms with Crippen molar-refractivity contribution in [1.82, 2.24) is 9.55 Å². The summed E-state index contributed by atoms with van der Waals surface area (Å²) in [4.78, 5) is 45.7. The molecule has 6 atom stereocenters. The van der Waals surface area contributed by atoms with Crippen LogP contribution in [-0.4, -0.2) is 58.0 Å². The number of ether oxygens (including phenoxy) is 1. The fourth-order valence-corrected chi connectivity index (χ4v) is 5.62. The van der Waals surface area contributed by atoms with Crippen LogP contribution in [0.5, 0.6) is 0 Å². The standard InChI is InChI=1S/C16H28N2O10P2/c1-10(2)27-30(23,24)28-15-12(18-7-5-13(19)17-16(18)20)9-11(14(15)25-3)6-8-29(21,22)26-4/h5,7,10-12,14-15H,6,8-9H2,1-4H3,(H,21,22)(H,23,24)(H,17,19,20)/t11-,12-,14+,15-/m0/s1. The Kier molecular flexibility index (Phi) is 8.40. The molecule has 1 aromatic heterocycles. The lowest BCUT2D eigenvalue weighted by Gasteiger charge is -2.28. The quantitative estimate of drug-likeness (QED) is 0.424. The van der Waals surface area contributed by atoms with Crippen LogP contribution < -0.4 is 11.2 Å². The van der Waals surface area contributed by atoms with E-state index in [1.54, 1.807) is 13.8 Å². The molecule has 0 radical (unpaired) electrons. The van der Waals surface area contributed by atoms with Gasteiger partial charge < -0.3 is 19.0 Å². The third kappa shape index (κ3) is 6.45. The summed E-state index contributed by atoms with van der Waals surface area (Å²) in [5.74, 6) is -0.404. The van der Waals surface area contributed by atoms with Gasteiger partial charge in [0.05, 0.1) is 24.4 Å². The summed E-state index contributed by atoms with van der Waals surface area (Å²) >= 11 is 0. The van der Waals surface area contributed by atoms with Crippen molar-refractivity contribution < 1.29 is 37.2 Å². The smallest absolute Gasteiger partial charge is 0.378 e. The van der Waals surface area contributed by atoms with Gasteiger partial charge in [-0.2, -0.15) is 0 Å². The van der Waals surface area contributed by atoms with E-state index >= 15 is 0 Å². The Balaban J connectivity index is 2.39. The number of H-pyrrole nitrogens is 1. The van der Waals surface area contributed by atoms with Gasteiger partial charge in [-0.05, 0) is 32.6 Å². The highest BCUT2D eigenvalue weighted by molar-refractivity contribution is 7.52. The predicted octanol–water partition coefficient (Wildman–Crippen LogP) is 1.25. The van der Waals surface area contributed by atoms with Gasteiger partial charge in [0, 0.05) is 26.5 Å². The maximum atomic E-state index is 12.4. The lowest BCUT2D eigenvalue weighted by Crippen LogP contribution is -2.39. The molecule has 0 aliphatic heterocycles. The minimum absolute atomic E-state index is 0.173. The van der Waals surface area contributed by atoms with Crippen molar-refractivity contribution in [2.75, 3.05) is 20.4 Å². The fraction of sp³-hybridized carbons (Fsp3) is 0.750. The van der Waals surface area contributed by atoms with Gasteiger partial charge in [0.1, 0.15) is 6.10 Å². The molecule has 0 spiro atoms.